The summed E-state index contributed by atoms with van der Waals surface area (Å²) in [6, 6.07) is 16.6. The Bertz CT molecular complexity index is 874. The molecule has 3 rings (SSSR count). The molecule has 0 unspecified atom stereocenters. The number of fused-ring (bicyclic) bond motifs is 1. The van der Waals surface area contributed by atoms with Crippen molar-refractivity contribution in [2.24, 2.45) is 0 Å². The molecule has 30 heavy (non-hydrogen) atoms. The number of nitrogens with zero attached hydrogens (tertiary/aromatic N) is 1. The zero-order valence-corrected chi connectivity index (χ0v) is 18.3. The molecule has 1 aromatic carbocycles. The van der Waals surface area contributed by atoms with E-state index in [1.807, 2.05) is 32.0 Å². The molecule has 2 aliphatic rings. The zero-order chi connectivity index (χ0) is 22.3. The van der Waals surface area contributed by atoms with Crippen LogP contribution in [-0.2, 0) is 6.54 Å². The minimum absolute atomic E-state index is 0.644. The van der Waals surface area contributed by atoms with Gasteiger partial charge in [-0.15, -0.1) is 10.2 Å². The minimum atomic E-state index is -4.94. The Hall–Kier alpha value is -2.42. The van der Waals surface area contributed by atoms with Gasteiger partial charge in [-0.2, -0.15) is 4.57 Å². The average molecular weight is 436 g/mol. The predicted molar refractivity (Wildman–Crippen MR) is 101 cm³/mol. The van der Waals surface area contributed by atoms with E-state index in [4.69, 9.17) is 28.1 Å². The monoisotopic (exact) mass is 435 g/mol. The van der Waals surface area contributed by atoms with Crippen LogP contribution in [0.5, 0.6) is 11.5 Å². The Morgan fingerprint density at radius 3 is 1.57 bits per heavy atom. The van der Waals surface area contributed by atoms with Crippen molar-refractivity contribution in [1.82, 2.24) is 0 Å². The number of aromatic nitrogens is 1. The van der Waals surface area contributed by atoms with Crippen molar-refractivity contribution in [3.05, 3.63) is 65.5 Å². The van der Waals surface area contributed by atoms with Crippen molar-refractivity contribution in [2.75, 3.05) is 13.2 Å². The fourth-order valence-electron chi connectivity index (χ4n) is 3.43. The van der Waals surface area contributed by atoms with Gasteiger partial charge in [0, 0.05) is 19.4 Å². The molecule has 0 atom stereocenters. The van der Waals surface area contributed by atoms with Crippen LogP contribution in [0.1, 0.15) is 30.8 Å². The van der Waals surface area contributed by atoms with E-state index in [1.165, 1.54) is 17.0 Å². The molecule has 0 N–H and O–H groups in total. The average Bonchev–Trinajstić information content (AvgIpc) is 2.80. The summed E-state index contributed by atoms with van der Waals surface area (Å²) in [5.41, 5.74) is 5.98. The summed E-state index contributed by atoms with van der Waals surface area (Å²) in [5, 5.41) is 0. The number of ether oxygens (including phenoxy) is 2. The molecule has 0 saturated carbocycles. The SMILES string of the molecule is CCOc1cccc(OCC)c2c(C)[n+](Cc3ccccc3)c(C)c1-2.[O-][Cl+3]([O-])([O-])[O-]. The summed E-state index contributed by atoms with van der Waals surface area (Å²) in [7, 11) is -4.94. The summed E-state index contributed by atoms with van der Waals surface area (Å²) in [6.45, 7) is 10.5. The minimum Gasteiger partial charge on any atom is -0.493 e. The highest BCUT2D eigenvalue weighted by atomic mass is 35.7. The molecule has 1 heterocycles. The number of hydrogen-bond donors (Lipinski definition) is 0. The Morgan fingerprint density at radius 2 is 1.17 bits per heavy atom. The van der Waals surface area contributed by atoms with Crippen LogP contribution in [0.15, 0.2) is 48.5 Å². The first-order valence-electron chi connectivity index (χ1n) is 9.54. The van der Waals surface area contributed by atoms with E-state index in [0.717, 1.165) is 29.2 Å². The topological polar surface area (TPSA) is 115 Å². The van der Waals surface area contributed by atoms with Gasteiger partial charge in [0.25, 0.3) is 0 Å². The molecule has 1 aliphatic carbocycles. The smallest absolute Gasteiger partial charge is 0.190 e. The molecule has 0 aromatic heterocycles. The third-order valence-electron chi connectivity index (χ3n) is 4.55. The molecule has 0 spiro atoms. The van der Waals surface area contributed by atoms with Gasteiger partial charge < -0.3 is 9.47 Å². The fourth-order valence-corrected chi connectivity index (χ4v) is 3.43. The lowest BCUT2D eigenvalue weighted by molar-refractivity contribution is -2.00. The molecule has 0 saturated heterocycles. The summed E-state index contributed by atoms with van der Waals surface area (Å²) < 4.78 is 48.2. The molecule has 0 amide bonds. The van der Waals surface area contributed by atoms with E-state index in [1.54, 1.807) is 0 Å². The van der Waals surface area contributed by atoms with Crippen molar-refractivity contribution < 1.29 is 42.9 Å². The Labute approximate surface area is 178 Å². The van der Waals surface area contributed by atoms with E-state index >= 15 is 0 Å². The van der Waals surface area contributed by atoms with E-state index in [-0.39, 0.29) is 0 Å². The molecular formula is C22H26ClNO6. The maximum atomic E-state index is 8.49. The van der Waals surface area contributed by atoms with Crippen molar-refractivity contribution in [1.29, 1.82) is 0 Å². The zero-order valence-electron chi connectivity index (χ0n) is 17.5. The van der Waals surface area contributed by atoms with Gasteiger partial charge in [-0.1, -0.05) is 36.4 Å². The summed E-state index contributed by atoms with van der Waals surface area (Å²) in [6.07, 6.45) is 0. The van der Waals surface area contributed by atoms with Gasteiger partial charge in [0.1, 0.15) is 22.6 Å². The maximum Gasteiger partial charge on any atom is 0.190 e. The van der Waals surface area contributed by atoms with E-state index in [0.29, 0.717) is 13.2 Å². The molecule has 0 radical (unpaired) electrons. The first-order valence-corrected chi connectivity index (χ1v) is 10.8. The highest BCUT2D eigenvalue weighted by molar-refractivity contribution is 5.79. The van der Waals surface area contributed by atoms with Gasteiger partial charge in [0.15, 0.2) is 17.9 Å². The number of rotatable bonds is 6. The van der Waals surface area contributed by atoms with Gasteiger partial charge in [-0.3, -0.25) is 0 Å². The highest BCUT2D eigenvalue weighted by Crippen LogP contribution is 2.41. The van der Waals surface area contributed by atoms with Crippen LogP contribution in [0.2, 0.25) is 0 Å². The lowest BCUT2D eigenvalue weighted by Crippen LogP contribution is -2.68. The summed E-state index contributed by atoms with van der Waals surface area (Å²) in [4.78, 5) is 0. The van der Waals surface area contributed by atoms with Crippen molar-refractivity contribution in [3.63, 3.8) is 0 Å². The largest absolute Gasteiger partial charge is 0.493 e. The second kappa shape index (κ2) is 10.6. The van der Waals surface area contributed by atoms with Crippen LogP contribution in [0, 0.1) is 24.1 Å². The third kappa shape index (κ3) is 6.29. The van der Waals surface area contributed by atoms with Gasteiger partial charge in [0.05, 0.1) is 13.2 Å². The van der Waals surface area contributed by atoms with E-state index in [9.17, 15) is 0 Å². The Morgan fingerprint density at radius 1 is 0.733 bits per heavy atom. The van der Waals surface area contributed by atoms with Crippen LogP contribution in [-0.4, -0.2) is 13.2 Å². The normalized spacial score (nSPS) is 11.1. The van der Waals surface area contributed by atoms with Gasteiger partial charge in [-0.25, -0.2) is 18.6 Å². The molecule has 8 heteroatoms. The van der Waals surface area contributed by atoms with Gasteiger partial charge >= 0.3 is 0 Å². The molecule has 7 nitrogen and oxygen atoms in total. The Kier molecular flexibility index (Phi) is 8.40. The standard InChI is InChI=1S/C22H26NO2.ClHO4/c1-5-24-19-13-10-14-20(25-6-2)22-17(4)23(16(3)21(19)22)15-18-11-8-7-9-12-18;2-1(3,4)5/h7-14H,5-6,15H2,1-4H3;(H,2,3,4,5)/q+1;/p-1. The quantitative estimate of drug-likeness (QED) is 0.495. The summed E-state index contributed by atoms with van der Waals surface area (Å²) >= 11 is 0. The van der Waals surface area contributed by atoms with Crippen molar-refractivity contribution >= 4 is 0 Å². The summed E-state index contributed by atoms with van der Waals surface area (Å²) in [5.74, 6) is 1.83. The second-order valence-corrected chi connectivity index (χ2v) is 7.25. The first-order chi connectivity index (χ1) is 14.2. The third-order valence-corrected chi connectivity index (χ3v) is 4.55. The highest BCUT2D eigenvalue weighted by Gasteiger charge is 2.31. The number of hydrogen-bond acceptors (Lipinski definition) is 6. The van der Waals surface area contributed by atoms with Crippen LogP contribution in [0.25, 0.3) is 11.1 Å². The molecule has 162 valence electrons. The molecular weight excluding hydrogens is 410 g/mol. The van der Waals surface area contributed by atoms with Gasteiger partial charge in [-0.05, 0) is 26.0 Å². The van der Waals surface area contributed by atoms with E-state index < -0.39 is 10.2 Å². The van der Waals surface area contributed by atoms with Crippen molar-refractivity contribution in [2.45, 2.75) is 34.2 Å². The molecule has 0 bridgehead atoms. The first kappa shape index (κ1) is 23.9. The Balaban J connectivity index is 0.000000575. The number of halogens is 1. The second-order valence-electron chi connectivity index (χ2n) is 6.49. The molecule has 1 aromatic rings. The van der Waals surface area contributed by atoms with Gasteiger partial charge in [0.2, 0.25) is 0 Å². The van der Waals surface area contributed by atoms with Crippen LogP contribution < -0.4 is 32.7 Å². The predicted octanol–water partition coefficient (Wildman–Crippen LogP) is -0.215. The molecule has 1 aliphatic heterocycles. The van der Waals surface area contributed by atoms with Crippen LogP contribution in [0.3, 0.4) is 0 Å². The number of benzene rings is 1. The van der Waals surface area contributed by atoms with E-state index in [2.05, 4.69) is 48.7 Å². The van der Waals surface area contributed by atoms with Crippen molar-refractivity contribution in [3.8, 4) is 22.6 Å². The lowest BCUT2D eigenvalue weighted by Gasteiger charge is -2.17. The fraction of sp³-hybridized carbons (Fsp3) is 0.318. The maximum absolute atomic E-state index is 8.49. The lowest BCUT2D eigenvalue weighted by atomic mass is 10.1. The molecule has 0 fully saturated rings. The van der Waals surface area contributed by atoms with Crippen LogP contribution >= 0.6 is 0 Å². The van der Waals surface area contributed by atoms with Crippen LogP contribution in [0.4, 0.5) is 0 Å².